The largest absolute Gasteiger partial charge is 0.368 e. The molecule has 2 unspecified atom stereocenters. The summed E-state index contributed by atoms with van der Waals surface area (Å²) in [6.45, 7) is 2.20. The summed E-state index contributed by atoms with van der Waals surface area (Å²) in [6.07, 6.45) is 7.26. The first-order chi connectivity index (χ1) is 11.3. The number of imidazole rings is 1. The molecule has 1 N–H and O–H groups in total. The highest BCUT2D eigenvalue weighted by atomic mass is 16.5. The molecular formula is C16H21N5O2. The quantitative estimate of drug-likeness (QED) is 0.924. The summed E-state index contributed by atoms with van der Waals surface area (Å²) in [5, 5.41) is 7.89. The van der Waals surface area contributed by atoms with E-state index in [4.69, 9.17) is 4.74 Å². The highest BCUT2D eigenvalue weighted by Gasteiger charge is 2.32. The maximum absolute atomic E-state index is 12.5. The third-order valence-corrected chi connectivity index (χ3v) is 4.56. The van der Waals surface area contributed by atoms with Gasteiger partial charge < -0.3 is 15.0 Å². The maximum atomic E-state index is 12.5. The first kappa shape index (κ1) is 14.4. The van der Waals surface area contributed by atoms with Gasteiger partial charge in [-0.1, -0.05) is 0 Å². The van der Waals surface area contributed by atoms with Gasteiger partial charge in [-0.3, -0.25) is 4.79 Å². The van der Waals surface area contributed by atoms with Crippen LogP contribution >= 0.6 is 0 Å². The number of anilines is 1. The van der Waals surface area contributed by atoms with E-state index >= 15 is 0 Å². The van der Waals surface area contributed by atoms with E-state index in [1.807, 2.05) is 23.2 Å². The molecule has 2 fully saturated rings. The van der Waals surface area contributed by atoms with Crippen LogP contribution in [0.1, 0.15) is 25.7 Å². The molecular weight excluding hydrogens is 294 g/mol. The number of carbonyl (C=O) groups is 1. The summed E-state index contributed by atoms with van der Waals surface area (Å²) in [6, 6.07) is 4.09. The Morgan fingerprint density at radius 3 is 3.13 bits per heavy atom. The molecule has 0 aliphatic carbocycles. The fourth-order valence-corrected chi connectivity index (χ4v) is 3.32. The molecule has 2 aliphatic rings. The lowest BCUT2D eigenvalue weighted by atomic mass is 10.1. The number of carbonyl (C=O) groups excluding carboxylic acids is 1. The molecule has 2 aliphatic heterocycles. The second-order valence-electron chi connectivity index (χ2n) is 6.22. The molecule has 2 saturated heterocycles. The van der Waals surface area contributed by atoms with Gasteiger partial charge in [-0.2, -0.15) is 0 Å². The number of ether oxygens (including phenoxy) is 1. The number of nitrogens with zero attached hydrogens (tertiary/aromatic N) is 4. The van der Waals surface area contributed by atoms with Crippen LogP contribution in [-0.2, 0) is 9.53 Å². The molecule has 1 amide bonds. The highest BCUT2D eigenvalue weighted by Crippen LogP contribution is 2.20. The van der Waals surface area contributed by atoms with Crippen molar-refractivity contribution in [2.75, 3.05) is 25.0 Å². The van der Waals surface area contributed by atoms with E-state index in [0.29, 0.717) is 13.2 Å². The Hall–Kier alpha value is -2.15. The van der Waals surface area contributed by atoms with Gasteiger partial charge in [0, 0.05) is 38.1 Å². The zero-order valence-corrected chi connectivity index (χ0v) is 13.0. The van der Waals surface area contributed by atoms with Gasteiger partial charge in [0.05, 0.1) is 0 Å². The summed E-state index contributed by atoms with van der Waals surface area (Å²) in [7, 11) is 0. The van der Waals surface area contributed by atoms with Gasteiger partial charge in [0.1, 0.15) is 11.9 Å². The minimum atomic E-state index is -0.233. The van der Waals surface area contributed by atoms with Crippen molar-refractivity contribution >= 4 is 17.4 Å². The van der Waals surface area contributed by atoms with Crippen molar-refractivity contribution in [3.8, 4) is 0 Å². The van der Waals surface area contributed by atoms with E-state index in [1.54, 1.807) is 10.7 Å². The van der Waals surface area contributed by atoms with Gasteiger partial charge in [-0.15, -0.1) is 5.10 Å². The van der Waals surface area contributed by atoms with Crippen molar-refractivity contribution < 1.29 is 9.53 Å². The number of hydrogen-bond donors (Lipinski definition) is 1. The topological polar surface area (TPSA) is 71.8 Å². The molecule has 23 heavy (non-hydrogen) atoms. The average Bonchev–Trinajstić information content (AvgIpc) is 3.24. The first-order valence-electron chi connectivity index (χ1n) is 8.27. The smallest absolute Gasteiger partial charge is 0.251 e. The predicted molar refractivity (Wildman–Crippen MR) is 85.2 cm³/mol. The van der Waals surface area contributed by atoms with Crippen molar-refractivity contribution in [3.05, 3.63) is 24.5 Å². The Morgan fingerprint density at radius 1 is 1.30 bits per heavy atom. The van der Waals surface area contributed by atoms with Crippen LogP contribution in [-0.4, -0.2) is 57.2 Å². The van der Waals surface area contributed by atoms with Crippen LogP contribution in [0.5, 0.6) is 0 Å². The normalized spacial score (nSPS) is 25.0. The SMILES string of the molecule is O=C(C1CCCCO1)N1CCC(Nc2ccc3nccn3n2)C1. The monoisotopic (exact) mass is 315 g/mol. The lowest BCUT2D eigenvalue weighted by Crippen LogP contribution is -2.41. The number of aromatic nitrogens is 3. The minimum absolute atomic E-state index is 0.145. The lowest BCUT2D eigenvalue weighted by Gasteiger charge is -2.26. The van der Waals surface area contributed by atoms with Gasteiger partial charge in [-0.25, -0.2) is 9.50 Å². The third kappa shape index (κ3) is 3.01. The van der Waals surface area contributed by atoms with Crippen molar-refractivity contribution in [2.45, 2.75) is 37.8 Å². The van der Waals surface area contributed by atoms with Gasteiger partial charge in [0.2, 0.25) is 0 Å². The van der Waals surface area contributed by atoms with Crippen LogP contribution in [0.15, 0.2) is 24.5 Å². The molecule has 0 saturated carbocycles. The van der Waals surface area contributed by atoms with E-state index in [1.165, 1.54) is 0 Å². The molecule has 0 spiro atoms. The molecule has 2 aromatic rings. The van der Waals surface area contributed by atoms with Gasteiger partial charge in [-0.05, 0) is 37.8 Å². The number of rotatable bonds is 3. The van der Waals surface area contributed by atoms with E-state index in [0.717, 1.165) is 43.7 Å². The summed E-state index contributed by atoms with van der Waals surface area (Å²) in [5.41, 5.74) is 0.827. The summed E-state index contributed by atoms with van der Waals surface area (Å²) in [5.74, 6) is 0.954. The fourth-order valence-electron chi connectivity index (χ4n) is 3.32. The van der Waals surface area contributed by atoms with Crippen LogP contribution in [0.2, 0.25) is 0 Å². The second-order valence-corrected chi connectivity index (χ2v) is 6.22. The highest BCUT2D eigenvalue weighted by molar-refractivity contribution is 5.81. The maximum Gasteiger partial charge on any atom is 0.251 e. The van der Waals surface area contributed by atoms with Crippen molar-refractivity contribution in [3.63, 3.8) is 0 Å². The van der Waals surface area contributed by atoms with Gasteiger partial charge in [0.15, 0.2) is 5.65 Å². The zero-order chi connectivity index (χ0) is 15.6. The number of hydrogen-bond acceptors (Lipinski definition) is 5. The minimum Gasteiger partial charge on any atom is -0.368 e. The number of fused-ring (bicyclic) bond motifs is 1. The summed E-state index contributed by atoms with van der Waals surface area (Å²) < 4.78 is 7.36. The van der Waals surface area contributed by atoms with E-state index in [9.17, 15) is 4.79 Å². The van der Waals surface area contributed by atoms with Crippen LogP contribution < -0.4 is 5.32 Å². The molecule has 7 heteroatoms. The summed E-state index contributed by atoms with van der Waals surface area (Å²) >= 11 is 0. The Balaban J connectivity index is 1.37. The Kier molecular flexibility index (Phi) is 3.87. The Labute approximate surface area is 134 Å². The molecule has 122 valence electrons. The Bertz CT molecular complexity index is 695. The molecule has 2 atom stereocenters. The molecule has 4 rings (SSSR count). The number of amides is 1. The van der Waals surface area contributed by atoms with Crippen LogP contribution in [0.25, 0.3) is 5.65 Å². The Morgan fingerprint density at radius 2 is 2.26 bits per heavy atom. The molecule has 0 aromatic carbocycles. The average molecular weight is 315 g/mol. The fraction of sp³-hybridized carbons (Fsp3) is 0.562. The third-order valence-electron chi connectivity index (χ3n) is 4.56. The number of nitrogens with one attached hydrogen (secondary N) is 1. The number of likely N-dealkylation sites (tertiary alicyclic amines) is 1. The van der Waals surface area contributed by atoms with E-state index in [-0.39, 0.29) is 18.1 Å². The predicted octanol–water partition coefficient (Wildman–Crippen LogP) is 1.31. The molecule has 0 bridgehead atoms. The zero-order valence-electron chi connectivity index (χ0n) is 13.0. The van der Waals surface area contributed by atoms with Crippen LogP contribution in [0, 0.1) is 0 Å². The van der Waals surface area contributed by atoms with Crippen LogP contribution in [0.3, 0.4) is 0 Å². The molecule has 0 radical (unpaired) electrons. The van der Waals surface area contributed by atoms with E-state index in [2.05, 4.69) is 15.4 Å². The first-order valence-corrected chi connectivity index (χ1v) is 8.27. The standard InChI is InChI=1S/C16H21N5O2/c22-16(13-3-1-2-10-23-13)20-8-6-12(11-20)18-14-4-5-15-17-7-9-21(15)19-14/h4-5,7,9,12-13H,1-3,6,8,10-11H2,(H,18,19). The van der Waals surface area contributed by atoms with Crippen molar-refractivity contribution in [1.29, 1.82) is 0 Å². The summed E-state index contributed by atoms with van der Waals surface area (Å²) in [4.78, 5) is 18.6. The molecule has 2 aromatic heterocycles. The van der Waals surface area contributed by atoms with Crippen molar-refractivity contribution in [1.82, 2.24) is 19.5 Å². The lowest BCUT2D eigenvalue weighted by molar-refractivity contribution is -0.145. The second kappa shape index (κ2) is 6.16. The molecule has 4 heterocycles. The van der Waals surface area contributed by atoms with Gasteiger partial charge >= 0.3 is 0 Å². The van der Waals surface area contributed by atoms with Gasteiger partial charge in [0.25, 0.3) is 5.91 Å². The van der Waals surface area contributed by atoms with E-state index < -0.39 is 0 Å². The van der Waals surface area contributed by atoms with Crippen molar-refractivity contribution in [2.24, 2.45) is 0 Å². The molecule has 7 nitrogen and oxygen atoms in total. The van der Waals surface area contributed by atoms with Crippen LogP contribution in [0.4, 0.5) is 5.82 Å².